The van der Waals surface area contributed by atoms with Crippen molar-refractivity contribution < 1.29 is 14.3 Å². The first-order valence-corrected chi connectivity index (χ1v) is 5.55. The Bertz CT molecular complexity index is 391. The first kappa shape index (κ1) is 13.0. The van der Waals surface area contributed by atoms with Gasteiger partial charge in [-0.2, -0.15) is 0 Å². The normalized spacial score (nSPS) is 10.4. The van der Waals surface area contributed by atoms with E-state index in [4.69, 9.17) is 16.7 Å². The maximum absolute atomic E-state index is 13.2. The van der Waals surface area contributed by atoms with Crippen LogP contribution in [-0.4, -0.2) is 11.1 Å². The number of hydrogen-bond donors (Lipinski definition) is 1. The van der Waals surface area contributed by atoms with Crippen LogP contribution < -0.4 is 0 Å². The molecule has 0 bridgehead atoms. The molecule has 0 aliphatic carbocycles. The molecule has 0 aliphatic heterocycles. The van der Waals surface area contributed by atoms with E-state index in [2.05, 4.69) is 0 Å². The predicted octanol–water partition coefficient (Wildman–Crippen LogP) is 3.58. The molecule has 0 atom stereocenters. The number of hydrogen-bond acceptors (Lipinski definition) is 1. The van der Waals surface area contributed by atoms with Crippen molar-refractivity contribution in [1.29, 1.82) is 0 Å². The summed E-state index contributed by atoms with van der Waals surface area (Å²) in [5.41, 5.74) is 1.27. The van der Waals surface area contributed by atoms with Gasteiger partial charge >= 0.3 is 5.97 Å². The van der Waals surface area contributed by atoms with Gasteiger partial charge in [-0.3, -0.25) is 4.79 Å². The molecule has 0 fully saturated rings. The van der Waals surface area contributed by atoms with Gasteiger partial charge in [-0.1, -0.05) is 11.6 Å². The minimum atomic E-state index is -0.804. The van der Waals surface area contributed by atoms with E-state index in [1.54, 1.807) is 13.0 Å². The largest absolute Gasteiger partial charge is 0.481 e. The molecule has 0 spiro atoms. The number of benzene rings is 1. The van der Waals surface area contributed by atoms with Gasteiger partial charge in [-0.05, 0) is 49.4 Å². The maximum atomic E-state index is 13.2. The number of aliphatic carboxylic acids is 1. The molecule has 1 aromatic carbocycles. The summed E-state index contributed by atoms with van der Waals surface area (Å²) in [7, 11) is 0. The summed E-state index contributed by atoms with van der Waals surface area (Å²) in [6.07, 6.45) is 2.05. The average molecular weight is 245 g/mol. The van der Waals surface area contributed by atoms with Crippen molar-refractivity contribution in [1.82, 2.24) is 0 Å². The van der Waals surface area contributed by atoms with Gasteiger partial charge < -0.3 is 5.11 Å². The minimum Gasteiger partial charge on any atom is -0.481 e. The molecule has 0 unspecified atom stereocenters. The minimum absolute atomic E-state index is 0.145. The maximum Gasteiger partial charge on any atom is 0.303 e. The van der Waals surface area contributed by atoms with Crippen molar-refractivity contribution in [3.8, 4) is 0 Å². The fourth-order valence-corrected chi connectivity index (χ4v) is 1.78. The van der Waals surface area contributed by atoms with E-state index < -0.39 is 5.97 Å². The van der Waals surface area contributed by atoms with Crippen LogP contribution in [0.15, 0.2) is 12.1 Å². The molecule has 1 N–H and O–H groups in total. The zero-order valence-corrected chi connectivity index (χ0v) is 9.85. The lowest BCUT2D eigenvalue weighted by Crippen LogP contribution is -1.96. The van der Waals surface area contributed by atoms with Gasteiger partial charge in [0.25, 0.3) is 0 Å². The fourth-order valence-electron chi connectivity index (χ4n) is 1.47. The van der Waals surface area contributed by atoms with Crippen molar-refractivity contribution in [2.75, 3.05) is 0 Å². The lowest BCUT2D eigenvalue weighted by Gasteiger charge is -2.06. The highest BCUT2D eigenvalue weighted by Crippen LogP contribution is 2.22. The van der Waals surface area contributed by atoms with Crippen LogP contribution in [0.4, 0.5) is 4.39 Å². The number of aryl methyl sites for hydroxylation is 2. The molecule has 0 heterocycles. The van der Waals surface area contributed by atoms with Crippen LogP contribution in [0.25, 0.3) is 0 Å². The highest BCUT2D eigenvalue weighted by molar-refractivity contribution is 6.31. The van der Waals surface area contributed by atoms with Crippen LogP contribution in [0, 0.1) is 12.7 Å². The van der Waals surface area contributed by atoms with E-state index in [0.717, 1.165) is 5.56 Å². The molecular weight excluding hydrogens is 231 g/mol. The van der Waals surface area contributed by atoms with Crippen LogP contribution in [0.2, 0.25) is 5.02 Å². The first-order valence-electron chi connectivity index (χ1n) is 5.17. The van der Waals surface area contributed by atoms with Gasteiger partial charge in [-0.15, -0.1) is 0 Å². The van der Waals surface area contributed by atoms with Gasteiger partial charge in [0.2, 0.25) is 0 Å². The summed E-state index contributed by atoms with van der Waals surface area (Å²) in [5, 5.41) is 9.01. The number of carboxylic acid groups (broad SMARTS) is 1. The summed E-state index contributed by atoms with van der Waals surface area (Å²) >= 11 is 5.96. The van der Waals surface area contributed by atoms with Crippen molar-refractivity contribution in [2.24, 2.45) is 0 Å². The topological polar surface area (TPSA) is 37.3 Å². The Morgan fingerprint density at radius 2 is 2.12 bits per heavy atom. The Hall–Kier alpha value is -1.09. The number of carboxylic acids is 1. The monoisotopic (exact) mass is 244 g/mol. The third-order valence-electron chi connectivity index (χ3n) is 2.41. The summed E-state index contributed by atoms with van der Waals surface area (Å²) < 4.78 is 13.2. The Labute approximate surface area is 99.0 Å². The second-order valence-electron chi connectivity index (χ2n) is 3.79. The van der Waals surface area contributed by atoms with E-state index in [1.807, 2.05) is 0 Å². The molecule has 0 saturated carbocycles. The van der Waals surface area contributed by atoms with Crippen LogP contribution in [-0.2, 0) is 11.2 Å². The Morgan fingerprint density at radius 1 is 1.44 bits per heavy atom. The SMILES string of the molecule is Cc1cc(Cl)c(CCCCC(=O)O)cc1F. The molecule has 4 heteroatoms. The van der Waals surface area contributed by atoms with Crippen molar-refractivity contribution in [3.63, 3.8) is 0 Å². The number of rotatable bonds is 5. The molecular formula is C12H14ClFO2. The lowest BCUT2D eigenvalue weighted by molar-refractivity contribution is -0.137. The van der Waals surface area contributed by atoms with Gasteiger partial charge in [0.05, 0.1) is 0 Å². The van der Waals surface area contributed by atoms with Gasteiger partial charge in [0, 0.05) is 11.4 Å². The van der Waals surface area contributed by atoms with Crippen LogP contribution >= 0.6 is 11.6 Å². The number of halogens is 2. The van der Waals surface area contributed by atoms with Gasteiger partial charge in [0.1, 0.15) is 5.82 Å². The molecule has 0 aliphatic rings. The molecule has 0 aromatic heterocycles. The third-order valence-corrected chi connectivity index (χ3v) is 2.77. The third kappa shape index (κ3) is 3.81. The zero-order chi connectivity index (χ0) is 12.1. The highest BCUT2D eigenvalue weighted by Gasteiger charge is 2.06. The predicted molar refractivity (Wildman–Crippen MR) is 61.3 cm³/mol. The van der Waals surface area contributed by atoms with Crippen LogP contribution in [0.3, 0.4) is 0 Å². The van der Waals surface area contributed by atoms with Gasteiger partial charge in [0.15, 0.2) is 0 Å². The van der Waals surface area contributed by atoms with Crippen molar-refractivity contribution in [3.05, 3.63) is 34.1 Å². The summed E-state index contributed by atoms with van der Waals surface area (Å²) in [5.74, 6) is -1.07. The molecule has 1 aromatic rings. The Balaban J connectivity index is 2.54. The Kier molecular flexibility index (Phi) is 4.74. The van der Waals surface area contributed by atoms with E-state index in [0.29, 0.717) is 29.8 Å². The second kappa shape index (κ2) is 5.85. The average Bonchev–Trinajstić information content (AvgIpc) is 2.19. The zero-order valence-electron chi connectivity index (χ0n) is 9.09. The first-order chi connectivity index (χ1) is 7.50. The molecule has 16 heavy (non-hydrogen) atoms. The highest BCUT2D eigenvalue weighted by atomic mass is 35.5. The lowest BCUT2D eigenvalue weighted by atomic mass is 10.0. The van der Waals surface area contributed by atoms with Crippen LogP contribution in [0.5, 0.6) is 0 Å². The standard InChI is InChI=1S/C12H14ClFO2/c1-8-6-10(13)9(7-11(8)14)4-2-3-5-12(15)16/h6-7H,2-5H2,1H3,(H,15,16). The fraction of sp³-hybridized carbons (Fsp3) is 0.417. The van der Waals surface area contributed by atoms with Crippen LogP contribution in [0.1, 0.15) is 30.4 Å². The molecule has 88 valence electrons. The molecule has 0 saturated heterocycles. The van der Waals surface area contributed by atoms with E-state index in [9.17, 15) is 9.18 Å². The quantitative estimate of drug-likeness (QED) is 0.804. The van der Waals surface area contributed by atoms with E-state index in [1.165, 1.54) is 6.07 Å². The summed E-state index contributed by atoms with van der Waals surface area (Å²) in [6, 6.07) is 3.03. The molecule has 1 rings (SSSR count). The summed E-state index contributed by atoms with van der Waals surface area (Å²) in [4.78, 5) is 10.3. The molecule has 0 amide bonds. The van der Waals surface area contributed by atoms with Crippen molar-refractivity contribution in [2.45, 2.75) is 32.6 Å². The van der Waals surface area contributed by atoms with Crippen molar-refractivity contribution >= 4 is 17.6 Å². The second-order valence-corrected chi connectivity index (χ2v) is 4.20. The van der Waals surface area contributed by atoms with E-state index in [-0.39, 0.29) is 12.2 Å². The molecule has 2 nitrogen and oxygen atoms in total. The Morgan fingerprint density at radius 3 is 2.75 bits per heavy atom. The van der Waals surface area contributed by atoms with Gasteiger partial charge in [-0.25, -0.2) is 4.39 Å². The summed E-state index contributed by atoms with van der Waals surface area (Å²) in [6.45, 7) is 1.66. The van der Waals surface area contributed by atoms with E-state index >= 15 is 0 Å². The number of carbonyl (C=O) groups is 1. The smallest absolute Gasteiger partial charge is 0.303 e. The molecule has 0 radical (unpaired) electrons. The number of unbranched alkanes of at least 4 members (excludes halogenated alkanes) is 1.